The van der Waals surface area contributed by atoms with Gasteiger partial charge in [-0.3, -0.25) is 0 Å². The van der Waals surface area contributed by atoms with Crippen LogP contribution in [0.15, 0.2) is 30.3 Å². The monoisotopic (exact) mass is 313 g/mol. The zero-order valence-electron chi connectivity index (χ0n) is 14.5. The Bertz CT molecular complexity index is 370. The number of quaternary nitrogens is 1. The number of halogens is 1. The third kappa shape index (κ3) is 6.71. The number of hydroxylamine groups is 3. The molecule has 0 aliphatic rings. The van der Waals surface area contributed by atoms with E-state index in [-0.39, 0.29) is 12.4 Å². The van der Waals surface area contributed by atoms with Crippen LogP contribution in [0.3, 0.4) is 0 Å². The first-order valence-electron chi connectivity index (χ1n) is 7.97. The van der Waals surface area contributed by atoms with E-state index >= 15 is 0 Å². The zero-order valence-corrected chi connectivity index (χ0v) is 15.2. The van der Waals surface area contributed by atoms with Crippen LogP contribution in [0.5, 0.6) is 5.75 Å². The highest BCUT2D eigenvalue weighted by atomic mass is 35.5. The average molecular weight is 314 g/mol. The minimum atomic E-state index is 0. The summed E-state index contributed by atoms with van der Waals surface area (Å²) in [5.74, 6) is 2.36. The van der Waals surface area contributed by atoms with E-state index in [2.05, 4.69) is 41.7 Å². The Morgan fingerprint density at radius 2 is 1.43 bits per heavy atom. The van der Waals surface area contributed by atoms with Crippen LogP contribution < -0.4 is 17.2 Å². The number of benzene rings is 1. The number of hydrogen-bond donors (Lipinski definition) is 0. The summed E-state index contributed by atoms with van der Waals surface area (Å²) in [5, 5.41) is 0. The van der Waals surface area contributed by atoms with E-state index < -0.39 is 0 Å². The summed E-state index contributed by atoms with van der Waals surface area (Å²) < 4.78 is 0.667. The quantitative estimate of drug-likeness (QED) is 0.526. The summed E-state index contributed by atoms with van der Waals surface area (Å²) in [6.45, 7) is 12.4. The van der Waals surface area contributed by atoms with E-state index in [4.69, 9.17) is 4.84 Å². The van der Waals surface area contributed by atoms with E-state index in [1.54, 1.807) is 0 Å². The van der Waals surface area contributed by atoms with Gasteiger partial charge in [0.25, 0.3) is 0 Å². The third-order valence-corrected chi connectivity index (χ3v) is 3.94. The molecule has 0 aromatic heterocycles. The summed E-state index contributed by atoms with van der Waals surface area (Å²) in [4.78, 5) is 6.35. The largest absolute Gasteiger partial charge is 1.00 e. The van der Waals surface area contributed by atoms with Crippen LogP contribution in [-0.2, 0) is 0 Å². The van der Waals surface area contributed by atoms with Gasteiger partial charge in [-0.15, -0.1) is 4.65 Å². The van der Waals surface area contributed by atoms with Gasteiger partial charge in [0.2, 0.25) is 0 Å². The predicted octanol–water partition coefficient (Wildman–Crippen LogP) is 1.91. The Morgan fingerprint density at radius 3 is 1.81 bits per heavy atom. The lowest BCUT2D eigenvalue weighted by molar-refractivity contribution is -1.08. The molecule has 0 fully saturated rings. The molecule has 0 saturated heterocycles. The molecular formula is C18H32ClNO. The van der Waals surface area contributed by atoms with Crippen LogP contribution in [0.25, 0.3) is 0 Å². The van der Waals surface area contributed by atoms with Crippen molar-refractivity contribution in [3.63, 3.8) is 0 Å². The molecule has 0 bridgehead atoms. The maximum atomic E-state index is 6.35. The lowest BCUT2D eigenvalue weighted by atomic mass is 9.94. The first-order valence-corrected chi connectivity index (χ1v) is 7.97. The Labute approximate surface area is 137 Å². The van der Waals surface area contributed by atoms with Gasteiger partial charge in [0.1, 0.15) is 19.6 Å². The molecule has 0 aliphatic heterocycles. The second kappa shape index (κ2) is 9.32. The van der Waals surface area contributed by atoms with Gasteiger partial charge in [-0.2, -0.15) is 0 Å². The van der Waals surface area contributed by atoms with Gasteiger partial charge >= 0.3 is 0 Å². The van der Waals surface area contributed by atoms with Crippen molar-refractivity contribution in [3.05, 3.63) is 30.3 Å². The maximum Gasteiger partial charge on any atom is 0.190 e. The second-order valence-corrected chi connectivity index (χ2v) is 6.81. The van der Waals surface area contributed by atoms with Gasteiger partial charge in [0.05, 0.1) is 0 Å². The van der Waals surface area contributed by atoms with Crippen molar-refractivity contribution in [2.75, 3.05) is 13.6 Å². The average Bonchev–Trinajstić information content (AvgIpc) is 2.38. The maximum absolute atomic E-state index is 6.35. The van der Waals surface area contributed by atoms with Crippen molar-refractivity contribution < 1.29 is 21.9 Å². The first kappa shape index (κ1) is 20.3. The molecule has 0 aliphatic carbocycles. The summed E-state index contributed by atoms with van der Waals surface area (Å²) in [5.41, 5.74) is 0. The molecule has 3 heteroatoms. The van der Waals surface area contributed by atoms with Gasteiger partial charge in [-0.25, -0.2) is 0 Å². The summed E-state index contributed by atoms with van der Waals surface area (Å²) in [7, 11) is 2.22. The molecule has 0 N–H and O–H groups in total. The highest BCUT2D eigenvalue weighted by Crippen LogP contribution is 2.26. The first-order chi connectivity index (χ1) is 9.37. The third-order valence-electron chi connectivity index (χ3n) is 3.94. The summed E-state index contributed by atoms with van der Waals surface area (Å²) in [6, 6.07) is 10.7. The van der Waals surface area contributed by atoms with Crippen molar-refractivity contribution in [1.29, 1.82) is 0 Å². The fraction of sp³-hybridized carbons (Fsp3) is 0.667. The van der Waals surface area contributed by atoms with E-state index in [0.29, 0.717) is 22.5 Å². The number of rotatable bonds is 8. The molecule has 1 unspecified atom stereocenters. The van der Waals surface area contributed by atoms with Crippen molar-refractivity contribution in [3.8, 4) is 5.75 Å². The molecule has 0 saturated carbocycles. The molecule has 122 valence electrons. The van der Waals surface area contributed by atoms with Crippen molar-refractivity contribution in [2.45, 2.75) is 53.5 Å². The molecule has 0 radical (unpaired) electrons. The van der Waals surface area contributed by atoms with Gasteiger partial charge in [-0.05, 0) is 30.9 Å². The van der Waals surface area contributed by atoms with Crippen molar-refractivity contribution >= 4 is 0 Å². The van der Waals surface area contributed by atoms with Crippen molar-refractivity contribution in [1.82, 2.24) is 0 Å². The van der Waals surface area contributed by atoms with E-state index in [1.807, 2.05) is 30.3 Å². The van der Waals surface area contributed by atoms with E-state index in [9.17, 15) is 0 Å². The highest BCUT2D eigenvalue weighted by Gasteiger charge is 2.35. The van der Waals surface area contributed by atoms with E-state index in [1.165, 1.54) is 12.8 Å². The molecule has 21 heavy (non-hydrogen) atoms. The zero-order chi connectivity index (χ0) is 15.2. The van der Waals surface area contributed by atoms with Gasteiger partial charge in [0.15, 0.2) is 5.75 Å². The Morgan fingerprint density at radius 1 is 0.952 bits per heavy atom. The number of nitrogens with zero attached hydrogens (tertiary/aromatic N) is 1. The number of hydrogen-bond acceptors (Lipinski definition) is 1. The van der Waals surface area contributed by atoms with Gasteiger partial charge < -0.3 is 17.2 Å². The summed E-state index contributed by atoms with van der Waals surface area (Å²) >= 11 is 0. The fourth-order valence-electron chi connectivity index (χ4n) is 2.75. The van der Waals surface area contributed by atoms with Gasteiger partial charge in [-0.1, -0.05) is 45.9 Å². The smallest absolute Gasteiger partial charge is 0.190 e. The molecule has 2 nitrogen and oxygen atoms in total. The topological polar surface area (TPSA) is 9.23 Å². The molecule has 0 heterocycles. The SMILES string of the molecule is CC[N+](C)(Oc1ccccc1)C(CC(C)C)CC(C)C.[Cl-]. The second-order valence-electron chi connectivity index (χ2n) is 6.81. The molecular weight excluding hydrogens is 282 g/mol. The molecule has 1 aromatic rings. The molecule has 1 atom stereocenters. The van der Waals surface area contributed by atoms with Crippen LogP contribution in [0.2, 0.25) is 0 Å². The lowest BCUT2D eigenvalue weighted by Crippen LogP contribution is -3.00. The highest BCUT2D eigenvalue weighted by molar-refractivity contribution is 5.20. The normalized spacial score (nSPS) is 14.1. The van der Waals surface area contributed by atoms with E-state index in [0.717, 1.165) is 12.3 Å². The Balaban J connectivity index is 0.00000400. The minimum absolute atomic E-state index is 0. The van der Waals surface area contributed by atoms with Crippen LogP contribution in [0.1, 0.15) is 47.5 Å². The minimum Gasteiger partial charge on any atom is -1.00 e. The molecule has 0 amide bonds. The Kier molecular flexibility index (Phi) is 9.00. The molecule has 1 aromatic carbocycles. The molecule has 0 spiro atoms. The van der Waals surface area contributed by atoms with Gasteiger partial charge in [0, 0.05) is 12.8 Å². The Hall–Kier alpha value is -0.730. The fourth-order valence-corrected chi connectivity index (χ4v) is 2.75. The van der Waals surface area contributed by atoms with Crippen LogP contribution >= 0.6 is 0 Å². The summed E-state index contributed by atoms with van der Waals surface area (Å²) in [6.07, 6.45) is 2.41. The predicted molar refractivity (Wildman–Crippen MR) is 86.5 cm³/mol. The standard InChI is InChI=1S/C18H32NO.ClH/c1-7-19(6,20-18-11-9-8-10-12-18)17(13-15(2)3)14-16(4)5;/h8-12,15-17H,7,13-14H2,1-6H3;1H/q+1;/p-1. The van der Waals surface area contributed by atoms with Crippen LogP contribution in [0.4, 0.5) is 0 Å². The van der Waals surface area contributed by atoms with Crippen LogP contribution in [0, 0.1) is 11.8 Å². The molecule has 1 rings (SSSR count). The lowest BCUT2D eigenvalue weighted by Gasteiger charge is -2.39. The van der Waals surface area contributed by atoms with Crippen LogP contribution in [-0.4, -0.2) is 24.3 Å². The van der Waals surface area contributed by atoms with Crippen molar-refractivity contribution in [2.24, 2.45) is 11.8 Å². The number of para-hydroxylation sites is 1.